The van der Waals surface area contributed by atoms with Crippen molar-refractivity contribution in [1.82, 2.24) is 5.43 Å². The van der Waals surface area contributed by atoms with Crippen LogP contribution in [0.3, 0.4) is 0 Å². The van der Waals surface area contributed by atoms with E-state index in [1.807, 2.05) is 30.3 Å². The summed E-state index contributed by atoms with van der Waals surface area (Å²) in [7, 11) is 1.66. The lowest BCUT2D eigenvalue weighted by atomic mass is 9.98. The maximum atomic E-state index is 5.74. The highest BCUT2D eigenvalue weighted by Crippen LogP contribution is 2.31. The van der Waals surface area contributed by atoms with E-state index >= 15 is 0 Å². The Hall–Kier alpha value is -1.36. The normalized spacial score (nSPS) is 12.2. The Morgan fingerprint density at radius 3 is 2.63 bits per heavy atom. The fourth-order valence-corrected chi connectivity index (χ4v) is 2.57. The molecule has 1 atom stereocenters. The van der Waals surface area contributed by atoms with Gasteiger partial charge in [0.25, 0.3) is 0 Å². The van der Waals surface area contributed by atoms with E-state index < -0.39 is 0 Å². The molecule has 0 heterocycles. The standard InChI is InChI=1S/C15H17BrN2O/c1-10-5-3-8-13(14(10)16)15(18-17)11-6-4-7-12(9-11)19-2/h3-9,15,18H,17H2,1-2H3. The first-order valence-corrected chi connectivity index (χ1v) is 6.81. The molecule has 3 nitrogen and oxygen atoms in total. The van der Waals surface area contributed by atoms with E-state index in [1.165, 1.54) is 5.56 Å². The van der Waals surface area contributed by atoms with Crippen LogP contribution >= 0.6 is 15.9 Å². The molecule has 0 aliphatic heterocycles. The third-order valence-corrected chi connectivity index (χ3v) is 4.21. The summed E-state index contributed by atoms with van der Waals surface area (Å²) >= 11 is 3.63. The molecule has 0 aliphatic carbocycles. The van der Waals surface area contributed by atoms with Crippen molar-refractivity contribution in [2.45, 2.75) is 13.0 Å². The number of methoxy groups -OCH3 is 1. The van der Waals surface area contributed by atoms with E-state index in [0.29, 0.717) is 0 Å². The van der Waals surface area contributed by atoms with Gasteiger partial charge in [-0.25, -0.2) is 5.43 Å². The van der Waals surface area contributed by atoms with Crippen LogP contribution in [0, 0.1) is 6.92 Å². The number of hydrogen-bond donors (Lipinski definition) is 2. The Morgan fingerprint density at radius 1 is 1.21 bits per heavy atom. The third kappa shape index (κ3) is 2.97. The molecular weight excluding hydrogens is 304 g/mol. The van der Waals surface area contributed by atoms with Gasteiger partial charge in [-0.3, -0.25) is 5.84 Å². The van der Waals surface area contributed by atoms with Crippen LogP contribution in [0.25, 0.3) is 0 Å². The van der Waals surface area contributed by atoms with Crippen molar-refractivity contribution in [3.05, 3.63) is 63.6 Å². The molecule has 19 heavy (non-hydrogen) atoms. The molecule has 2 aromatic carbocycles. The zero-order chi connectivity index (χ0) is 13.8. The topological polar surface area (TPSA) is 47.3 Å². The van der Waals surface area contributed by atoms with Crippen LogP contribution in [0.5, 0.6) is 5.75 Å². The van der Waals surface area contributed by atoms with Gasteiger partial charge in [0.2, 0.25) is 0 Å². The predicted molar refractivity (Wildman–Crippen MR) is 81.0 cm³/mol. The first-order valence-electron chi connectivity index (χ1n) is 6.02. The van der Waals surface area contributed by atoms with Gasteiger partial charge >= 0.3 is 0 Å². The Labute approximate surface area is 121 Å². The first kappa shape index (κ1) is 14.1. The van der Waals surface area contributed by atoms with Gasteiger partial charge in [-0.15, -0.1) is 0 Å². The lowest BCUT2D eigenvalue weighted by Gasteiger charge is -2.20. The summed E-state index contributed by atoms with van der Waals surface area (Å²) in [6, 6.07) is 14.0. The summed E-state index contributed by atoms with van der Waals surface area (Å²) < 4.78 is 6.33. The maximum absolute atomic E-state index is 5.74. The van der Waals surface area contributed by atoms with E-state index in [0.717, 1.165) is 21.3 Å². The third-order valence-electron chi connectivity index (χ3n) is 3.13. The maximum Gasteiger partial charge on any atom is 0.119 e. The van der Waals surface area contributed by atoms with Crippen molar-refractivity contribution >= 4 is 15.9 Å². The molecular formula is C15H17BrN2O. The fourth-order valence-electron chi connectivity index (χ4n) is 2.08. The monoisotopic (exact) mass is 320 g/mol. The second kappa shape index (κ2) is 6.19. The molecule has 4 heteroatoms. The summed E-state index contributed by atoms with van der Waals surface area (Å²) in [5, 5.41) is 0. The number of benzene rings is 2. The largest absolute Gasteiger partial charge is 0.497 e. The number of nitrogens with two attached hydrogens (primary N) is 1. The lowest BCUT2D eigenvalue weighted by molar-refractivity contribution is 0.413. The Kier molecular flexibility index (Phi) is 4.58. The van der Waals surface area contributed by atoms with Crippen LogP contribution in [-0.4, -0.2) is 7.11 Å². The van der Waals surface area contributed by atoms with Crippen LogP contribution in [0.2, 0.25) is 0 Å². The van der Waals surface area contributed by atoms with Crippen molar-refractivity contribution in [2.24, 2.45) is 5.84 Å². The molecule has 0 spiro atoms. The summed E-state index contributed by atoms with van der Waals surface area (Å²) in [4.78, 5) is 0. The fraction of sp³-hybridized carbons (Fsp3) is 0.200. The lowest BCUT2D eigenvalue weighted by Crippen LogP contribution is -2.29. The minimum Gasteiger partial charge on any atom is -0.497 e. The van der Waals surface area contributed by atoms with Gasteiger partial charge in [-0.05, 0) is 35.7 Å². The molecule has 0 amide bonds. The van der Waals surface area contributed by atoms with Crippen LogP contribution in [0.4, 0.5) is 0 Å². The molecule has 0 fully saturated rings. The van der Waals surface area contributed by atoms with Crippen LogP contribution < -0.4 is 16.0 Å². The quantitative estimate of drug-likeness (QED) is 0.671. The SMILES string of the molecule is COc1cccc(C(NN)c2cccc(C)c2Br)c1. The number of nitrogens with one attached hydrogen (secondary N) is 1. The molecule has 0 saturated heterocycles. The van der Waals surface area contributed by atoms with Gasteiger partial charge in [0, 0.05) is 4.47 Å². The van der Waals surface area contributed by atoms with Crippen molar-refractivity contribution in [3.63, 3.8) is 0 Å². The zero-order valence-corrected chi connectivity index (χ0v) is 12.6. The number of aryl methyl sites for hydroxylation is 1. The molecule has 2 rings (SSSR count). The van der Waals surface area contributed by atoms with Crippen molar-refractivity contribution in [1.29, 1.82) is 0 Å². The summed E-state index contributed by atoms with van der Waals surface area (Å²) in [6.07, 6.45) is 0. The number of hydrazine groups is 1. The minimum absolute atomic E-state index is 0.0793. The molecule has 1 unspecified atom stereocenters. The van der Waals surface area contributed by atoms with Crippen LogP contribution in [0.15, 0.2) is 46.9 Å². The van der Waals surface area contributed by atoms with E-state index in [2.05, 4.69) is 40.4 Å². The zero-order valence-electron chi connectivity index (χ0n) is 11.0. The molecule has 2 aromatic rings. The Bertz CT molecular complexity index is 572. The van der Waals surface area contributed by atoms with Crippen LogP contribution in [0.1, 0.15) is 22.7 Å². The molecule has 0 radical (unpaired) electrons. The average molecular weight is 321 g/mol. The molecule has 0 bridgehead atoms. The van der Waals surface area contributed by atoms with E-state index in [-0.39, 0.29) is 6.04 Å². The minimum atomic E-state index is -0.0793. The van der Waals surface area contributed by atoms with Gasteiger partial charge in [0.05, 0.1) is 13.2 Å². The van der Waals surface area contributed by atoms with E-state index in [4.69, 9.17) is 10.6 Å². The summed E-state index contributed by atoms with van der Waals surface area (Å²) in [5.41, 5.74) is 6.22. The Morgan fingerprint density at radius 2 is 1.95 bits per heavy atom. The molecule has 0 saturated carbocycles. The van der Waals surface area contributed by atoms with Gasteiger partial charge in [0.15, 0.2) is 0 Å². The van der Waals surface area contributed by atoms with E-state index in [1.54, 1.807) is 7.11 Å². The van der Waals surface area contributed by atoms with Crippen molar-refractivity contribution < 1.29 is 4.74 Å². The van der Waals surface area contributed by atoms with Crippen LogP contribution in [-0.2, 0) is 0 Å². The average Bonchev–Trinajstić information content (AvgIpc) is 2.44. The highest BCUT2D eigenvalue weighted by molar-refractivity contribution is 9.10. The first-order chi connectivity index (χ1) is 9.17. The smallest absolute Gasteiger partial charge is 0.119 e. The predicted octanol–water partition coefficient (Wildman–Crippen LogP) is 3.32. The van der Waals surface area contributed by atoms with Crippen molar-refractivity contribution in [3.8, 4) is 5.75 Å². The second-order valence-electron chi connectivity index (χ2n) is 4.35. The summed E-state index contributed by atoms with van der Waals surface area (Å²) in [6.45, 7) is 2.06. The number of rotatable bonds is 4. The highest BCUT2D eigenvalue weighted by atomic mass is 79.9. The molecule has 3 N–H and O–H groups in total. The highest BCUT2D eigenvalue weighted by Gasteiger charge is 2.16. The second-order valence-corrected chi connectivity index (χ2v) is 5.15. The Balaban J connectivity index is 2.46. The van der Waals surface area contributed by atoms with E-state index in [9.17, 15) is 0 Å². The summed E-state index contributed by atoms with van der Waals surface area (Å²) in [5.74, 6) is 6.56. The number of halogens is 1. The van der Waals surface area contributed by atoms with Gasteiger partial charge in [-0.2, -0.15) is 0 Å². The van der Waals surface area contributed by atoms with Gasteiger partial charge in [-0.1, -0.05) is 46.3 Å². The van der Waals surface area contributed by atoms with Gasteiger partial charge < -0.3 is 4.74 Å². The molecule has 0 aromatic heterocycles. The van der Waals surface area contributed by atoms with Crippen molar-refractivity contribution in [2.75, 3.05) is 7.11 Å². The number of hydrogen-bond acceptors (Lipinski definition) is 3. The van der Waals surface area contributed by atoms with Gasteiger partial charge in [0.1, 0.15) is 5.75 Å². The molecule has 0 aliphatic rings. The molecule has 100 valence electrons. The number of ether oxygens (including phenoxy) is 1.